The van der Waals surface area contributed by atoms with Crippen molar-refractivity contribution >= 4 is 5.71 Å². The molecular formula is C18H21NO2. The second kappa shape index (κ2) is 6.44. The minimum absolute atomic E-state index is 0.560. The average molecular weight is 283 g/mol. The lowest BCUT2D eigenvalue weighted by molar-refractivity contribution is 0.304. The number of hydrogen-bond acceptors (Lipinski definition) is 3. The molecule has 0 heterocycles. The third kappa shape index (κ3) is 3.63. The number of benzene rings is 2. The molecule has 0 bridgehead atoms. The summed E-state index contributed by atoms with van der Waals surface area (Å²) >= 11 is 0. The zero-order valence-electron chi connectivity index (χ0n) is 13.0. The van der Waals surface area contributed by atoms with E-state index in [2.05, 4.69) is 38.1 Å². The van der Waals surface area contributed by atoms with Crippen LogP contribution in [0.25, 0.3) is 0 Å². The molecule has 3 nitrogen and oxygen atoms in total. The van der Waals surface area contributed by atoms with Gasteiger partial charge in [-0.3, -0.25) is 0 Å². The Balaban J connectivity index is 2.10. The van der Waals surface area contributed by atoms with Gasteiger partial charge in [0.15, 0.2) is 0 Å². The highest BCUT2D eigenvalue weighted by Gasteiger charge is 2.05. The van der Waals surface area contributed by atoms with Crippen LogP contribution in [0, 0.1) is 20.8 Å². The van der Waals surface area contributed by atoms with Gasteiger partial charge < -0.3 is 9.94 Å². The first-order valence-corrected chi connectivity index (χ1v) is 7.00. The smallest absolute Gasteiger partial charge is 0.119 e. The summed E-state index contributed by atoms with van der Waals surface area (Å²) in [6.07, 6.45) is 0. The average Bonchev–Trinajstić information content (AvgIpc) is 2.46. The number of oxime groups is 1. The molecule has 0 saturated heterocycles. The van der Waals surface area contributed by atoms with Gasteiger partial charge in [-0.25, -0.2) is 0 Å². The van der Waals surface area contributed by atoms with E-state index in [9.17, 15) is 0 Å². The van der Waals surface area contributed by atoms with Gasteiger partial charge >= 0.3 is 0 Å². The van der Waals surface area contributed by atoms with Crippen molar-refractivity contribution in [3.8, 4) is 5.75 Å². The monoisotopic (exact) mass is 283 g/mol. The second-order valence-electron chi connectivity index (χ2n) is 5.38. The number of hydrogen-bond donors (Lipinski definition) is 1. The van der Waals surface area contributed by atoms with Crippen LogP contribution in [0.2, 0.25) is 0 Å². The van der Waals surface area contributed by atoms with Gasteiger partial charge in [-0.2, -0.15) is 0 Å². The summed E-state index contributed by atoms with van der Waals surface area (Å²) in [5.41, 5.74) is 6.49. The zero-order valence-corrected chi connectivity index (χ0v) is 13.0. The molecule has 110 valence electrons. The molecule has 0 saturated carbocycles. The Bertz CT molecular complexity index is 634. The van der Waals surface area contributed by atoms with E-state index in [1.165, 1.54) is 22.3 Å². The van der Waals surface area contributed by atoms with Gasteiger partial charge in [0.2, 0.25) is 0 Å². The lowest BCUT2D eigenvalue weighted by Gasteiger charge is -2.13. The molecule has 0 atom stereocenters. The third-order valence-corrected chi connectivity index (χ3v) is 3.65. The molecule has 0 aliphatic heterocycles. The van der Waals surface area contributed by atoms with Gasteiger partial charge in [0, 0.05) is 0 Å². The molecule has 0 spiro atoms. The van der Waals surface area contributed by atoms with Gasteiger partial charge in [-0.1, -0.05) is 22.9 Å². The molecule has 0 amide bonds. The Morgan fingerprint density at radius 1 is 1.05 bits per heavy atom. The van der Waals surface area contributed by atoms with E-state index in [4.69, 9.17) is 9.94 Å². The van der Waals surface area contributed by atoms with Crippen LogP contribution in [-0.2, 0) is 6.61 Å². The van der Waals surface area contributed by atoms with E-state index < -0.39 is 0 Å². The highest BCUT2D eigenvalue weighted by atomic mass is 16.5. The molecule has 0 unspecified atom stereocenters. The maximum atomic E-state index is 8.75. The van der Waals surface area contributed by atoms with Crippen LogP contribution in [0.3, 0.4) is 0 Å². The molecule has 0 aliphatic rings. The van der Waals surface area contributed by atoms with Crippen LogP contribution in [0.1, 0.15) is 34.7 Å². The Kier molecular flexibility index (Phi) is 4.63. The number of rotatable bonds is 4. The summed E-state index contributed by atoms with van der Waals surface area (Å²) in [4.78, 5) is 0. The number of aryl methyl sites for hydroxylation is 3. The van der Waals surface area contributed by atoms with Crippen molar-refractivity contribution < 1.29 is 9.94 Å². The van der Waals surface area contributed by atoms with Gasteiger partial charge in [-0.15, -0.1) is 0 Å². The van der Waals surface area contributed by atoms with E-state index in [0.717, 1.165) is 11.3 Å². The largest absolute Gasteiger partial charge is 0.489 e. The third-order valence-electron chi connectivity index (χ3n) is 3.65. The molecule has 0 fully saturated rings. The summed E-state index contributed by atoms with van der Waals surface area (Å²) in [6.45, 7) is 8.65. The van der Waals surface area contributed by atoms with Crippen molar-refractivity contribution in [2.75, 3.05) is 0 Å². The van der Waals surface area contributed by atoms with E-state index in [1.807, 2.05) is 24.3 Å². The molecule has 2 aromatic rings. The fourth-order valence-electron chi connectivity index (χ4n) is 2.44. The van der Waals surface area contributed by atoms with Crippen molar-refractivity contribution in [2.24, 2.45) is 5.16 Å². The minimum Gasteiger partial charge on any atom is -0.489 e. The van der Waals surface area contributed by atoms with Gasteiger partial charge in [0.1, 0.15) is 12.4 Å². The zero-order chi connectivity index (χ0) is 15.4. The summed E-state index contributed by atoms with van der Waals surface area (Å²) in [5, 5.41) is 11.9. The molecule has 2 aromatic carbocycles. The van der Waals surface area contributed by atoms with E-state index >= 15 is 0 Å². The van der Waals surface area contributed by atoms with Crippen LogP contribution in [0.5, 0.6) is 5.75 Å². The van der Waals surface area contributed by atoms with Crippen LogP contribution in [-0.4, -0.2) is 10.9 Å². The minimum atomic E-state index is 0.560. The van der Waals surface area contributed by atoms with Gasteiger partial charge in [-0.05, 0) is 74.2 Å². The Morgan fingerprint density at radius 3 is 2.14 bits per heavy atom. The topological polar surface area (TPSA) is 41.8 Å². The molecule has 2 rings (SSSR count). The van der Waals surface area contributed by atoms with Crippen molar-refractivity contribution in [3.05, 3.63) is 64.2 Å². The maximum Gasteiger partial charge on any atom is 0.119 e. The van der Waals surface area contributed by atoms with E-state index in [1.54, 1.807) is 6.92 Å². The molecule has 0 aliphatic carbocycles. The normalized spacial score (nSPS) is 11.5. The Hall–Kier alpha value is -2.29. The highest BCUT2D eigenvalue weighted by Crippen LogP contribution is 2.20. The molecule has 21 heavy (non-hydrogen) atoms. The molecule has 3 heteroatoms. The fraction of sp³-hybridized carbons (Fsp3) is 0.278. The molecular weight excluding hydrogens is 262 g/mol. The maximum absolute atomic E-state index is 8.75. The molecule has 0 aromatic heterocycles. The van der Waals surface area contributed by atoms with Gasteiger partial charge in [0.05, 0.1) is 5.71 Å². The lowest BCUT2D eigenvalue weighted by atomic mass is 10.0. The van der Waals surface area contributed by atoms with Crippen molar-refractivity contribution in [2.45, 2.75) is 34.3 Å². The summed E-state index contributed by atoms with van der Waals surface area (Å²) < 4.78 is 5.86. The lowest BCUT2D eigenvalue weighted by Crippen LogP contribution is -2.02. The number of ether oxygens (including phenoxy) is 1. The molecule has 0 radical (unpaired) electrons. The van der Waals surface area contributed by atoms with Gasteiger partial charge in [0.25, 0.3) is 0 Å². The number of nitrogens with zero attached hydrogens (tertiary/aromatic N) is 1. The first kappa shape index (κ1) is 15.1. The van der Waals surface area contributed by atoms with Crippen LogP contribution >= 0.6 is 0 Å². The van der Waals surface area contributed by atoms with Crippen molar-refractivity contribution in [1.82, 2.24) is 0 Å². The second-order valence-corrected chi connectivity index (χ2v) is 5.38. The predicted molar refractivity (Wildman–Crippen MR) is 85.4 cm³/mol. The standard InChI is InChI=1S/C18H21NO2/c1-12-9-13(2)18(14(3)10-12)11-21-17-7-5-16(6-8-17)15(4)19-20/h5-10,20H,11H2,1-4H3. The summed E-state index contributed by atoms with van der Waals surface area (Å²) in [7, 11) is 0. The van der Waals surface area contributed by atoms with Crippen LogP contribution in [0.15, 0.2) is 41.6 Å². The first-order chi connectivity index (χ1) is 10.0. The van der Waals surface area contributed by atoms with E-state index in [0.29, 0.717) is 12.3 Å². The van der Waals surface area contributed by atoms with Crippen LogP contribution < -0.4 is 4.74 Å². The predicted octanol–water partition coefficient (Wildman–Crippen LogP) is 4.39. The first-order valence-electron chi connectivity index (χ1n) is 7.00. The quantitative estimate of drug-likeness (QED) is 0.513. The van der Waals surface area contributed by atoms with E-state index in [-0.39, 0.29) is 0 Å². The Morgan fingerprint density at radius 2 is 1.62 bits per heavy atom. The Labute approximate surface area is 125 Å². The molecule has 1 N–H and O–H groups in total. The SMILES string of the molecule is CC(=NO)c1ccc(OCc2c(C)cc(C)cc2C)cc1. The fourth-order valence-corrected chi connectivity index (χ4v) is 2.44. The summed E-state index contributed by atoms with van der Waals surface area (Å²) in [6, 6.07) is 11.9. The van der Waals surface area contributed by atoms with Crippen molar-refractivity contribution in [3.63, 3.8) is 0 Å². The highest BCUT2D eigenvalue weighted by molar-refractivity contribution is 5.98. The van der Waals surface area contributed by atoms with Crippen molar-refractivity contribution in [1.29, 1.82) is 0 Å². The summed E-state index contributed by atoms with van der Waals surface area (Å²) in [5.74, 6) is 0.809. The van der Waals surface area contributed by atoms with Crippen LogP contribution in [0.4, 0.5) is 0 Å².